The first kappa shape index (κ1) is 24.7. The van der Waals surface area contributed by atoms with Crippen molar-refractivity contribution in [2.45, 2.75) is 16.8 Å². The molecule has 0 saturated heterocycles. The Labute approximate surface area is 216 Å². The first-order valence-electron chi connectivity index (χ1n) is 10.4. The third kappa shape index (κ3) is 4.46. The summed E-state index contributed by atoms with van der Waals surface area (Å²) in [6, 6.07) is 10.0. The summed E-state index contributed by atoms with van der Waals surface area (Å²) in [6.45, 7) is 0. The molecule has 2 aromatic carbocycles. The van der Waals surface area contributed by atoms with Crippen LogP contribution < -0.4 is 0 Å². The molecule has 3 heterocycles. The Hall–Kier alpha value is -3.03. The first-order valence-corrected chi connectivity index (χ1v) is 13.7. The largest absolute Gasteiger partial charge is 0.416 e. The Kier molecular flexibility index (Phi) is 6.04. The number of sulfone groups is 1. The average Bonchev–Trinajstić information content (AvgIpc) is 3.51. The van der Waals surface area contributed by atoms with Gasteiger partial charge in [0.15, 0.2) is 9.84 Å². The van der Waals surface area contributed by atoms with Crippen LogP contribution in [0.25, 0.3) is 33.3 Å². The van der Waals surface area contributed by atoms with Crippen molar-refractivity contribution in [3.63, 3.8) is 0 Å². The van der Waals surface area contributed by atoms with Gasteiger partial charge in [0, 0.05) is 48.5 Å². The molecular weight excluding hydrogens is 579 g/mol. The van der Waals surface area contributed by atoms with Gasteiger partial charge >= 0.3 is 6.18 Å². The van der Waals surface area contributed by atoms with Crippen LogP contribution in [-0.4, -0.2) is 32.1 Å². The molecule has 0 spiro atoms. The quantitative estimate of drug-likeness (QED) is 0.254. The zero-order valence-electron chi connectivity index (χ0n) is 18.8. The van der Waals surface area contributed by atoms with E-state index in [1.807, 2.05) is 0 Å². The van der Waals surface area contributed by atoms with Gasteiger partial charge in [-0.05, 0) is 63.4 Å². The van der Waals surface area contributed by atoms with Crippen LogP contribution in [0.5, 0.6) is 0 Å². The number of hydrogen-bond acceptors (Lipinski definition) is 6. The molecule has 0 fully saturated rings. The standard InChI is InChI=1S/C23H17BrF3N5O2S2/c1-31-11-18(15-5-3-13(23(25,26)27)9-17(15)19-7-8-28-32(19)2)16-6-4-14(10-20(16)31)36(33,34)12-21-29-22(24)30-35-21/h3-11H,12H2,1-2H3. The Balaban J connectivity index is 1.64. The number of fused-ring (bicyclic) bond motifs is 1. The molecule has 5 aromatic rings. The Morgan fingerprint density at radius 1 is 1.03 bits per heavy atom. The molecule has 3 aromatic heterocycles. The number of halogens is 4. The second-order valence-corrected chi connectivity index (χ2v) is 11.7. The van der Waals surface area contributed by atoms with Crippen LogP contribution in [-0.2, 0) is 35.9 Å². The lowest BCUT2D eigenvalue weighted by Crippen LogP contribution is -2.06. The average molecular weight is 596 g/mol. The van der Waals surface area contributed by atoms with E-state index in [2.05, 4.69) is 30.4 Å². The minimum atomic E-state index is -4.50. The lowest BCUT2D eigenvalue weighted by atomic mass is 9.95. The maximum absolute atomic E-state index is 13.5. The highest BCUT2D eigenvalue weighted by molar-refractivity contribution is 9.10. The summed E-state index contributed by atoms with van der Waals surface area (Å²) >= 11 is 4.13. The Morgan fingerprint density at radius 3 is 2.44 bits per heavy atom. The van der Waals surface area contributed by atoms with E-state index in [1.54, 1.807) is 43.1 Å². The van der Waals surface area contributed by atoms with Gasteiger partial charge in [-0.3, -0.25) is 4.68 Å². The van der Waals surface area contributed by atoms with E-state index in [0.29, 0.717) is 43.0 Å². The Bertz CT molecular complexity index is 1720. The van der Waals surface area contributed by atoms with Crippen LogP contribution in [0.15, 0.2) is 64.5 Å². The second-order valence-electron chi connectivity index (χ2n) is 8.15. The fourth-order valence-corrected chi connectivity index (χ4v) is 6.81. The van der Waals surface area contributed by atoms with Crippen LogP contribution >= 0.6 is 27.5 Å². The van der Waals surface area contributed by atoms with Gasteiger partial charge in [-0.25, -0.2) is 13.4 Å². The van der Waals surface area contributed by atoms with Crippen molar-refractivity contribution in [1.82, 2.24) is 23.7 Å². The number of alkyl halides is 3. The van der Waals surface area contributed by atoms with E-state index in [4.69, 9.17) is 0 Å². The van der Waals surface area contributed by atoms with Crippen LogP contribution in [0, 0.1) is 0 Å². The van der Waals surface area contributed by atoms with Crippen molar-refractivity contribution >= 4 is 48.2 Å². The molecule has 0 unspecified atom stereocenters. The minimum absolute atomic E-state index is 0.119. The predicted molar refractivity (Wildman–Crippen MR) is 134 cm³/mol. The van der Waals surface area contributed by atoms with Crippen molar-refractivity contribution in [3.05, 3.63) is 70.2 Å². The fraction of sp³-hybridized carbons (Fsp3) is 0.174. The normalized spacial score (nSPS) is 12.5. The number of aromatic nitrogens is 5. The molecule has 36 heavy (non-hydrogen) atoms. The number of hydrogen-bond donors (Lipinski definition) is 0. The van der Waals surface area contributed by atoms with E-state index in [9.17, 15) is 21.6 Å². The molecule has 5 rings (SSSR count). The minimum Gasteiger partial charge on any atom is -0.350 e. The van der Waals surface area contributed by atoms with Crippen molar-refractivity contribution < 1.29 is 21.6 Å². The zero-order chi connectivity index (χ0) is 25.8. The molecule has 0 aliphatic carbocycles. The summed E-state index contributed by atoms with van der Waals surface area (Å²) in [5, 5.41) is 5.18. The van der Waals surface area contributed by atoms with E-state index in [0.717, 1.165) is 23.7 Å². The maximum atomic E-state index is 13.5. The van der Waals surface area contributed by atoms with Gasteiger partial charge in [0.2, 0.25) is 4.73 Å². The van der Waals surface area contributed by atoms with Crippen molar-refractivity contribution in [2.24, 2.45) is 14.1 Å². The smallest absolute Gasteiger partial charge is 0.350 e. The molecule has 0 radical (unpaired) electrons. The highest BCUT2D eigenvalue weighted by Gasteiger charge is 2.32. The molecule has 0 N–H and O–H groups in total. The van der Waals surface area contributed by atoms with E-state index < -0.39 is 21.6 Å². The highest BCUT2D eigenvalue weighted by atomic mass is 79.9. The van der Waals surface area contributed by atoms with Crippen LogP contribution in [0.2, 0.25) is 0 Å². The summed E-state index contributed by atoms with van der Waals surface area (Å²) in [6.07, 6.45) is -1.20. The van der Waals surface area contributed by atoms with Gasteiger partial charge in [-0.15, -0.1) is 0 Å². The molecule has 7 nitrogen and oxygen atoms in total. The van der Waals surface area contributed by atoms with Gasteiger partial charge in [0.05, 0.1) is 16.2 Å². The SMILES string of the molecule is Cn1nccc1-c1cc(C(F)(F)F)ccc1-c1cn(C)c2cc(S(=O)(=O)Cc3nc(Br)ns3)ccc12. The first-order chi connectivity index (χ1) is 16.9. The number of rotatable bonds is 5. The number of nitrogens with zero attached hydrogens (tertiary/aromatic N) is 5. The fourth-order valence-electron chi connectivity index (χ4n) is 4.12. The summed E-state index contributed by atoms with van der Waals surface area (Å²) in [7, 11) is -0.273. The van der Waals surface area contributed by atoms with Gasteiger partial charge in [-0.1, -0.05) is 12.1 Å². The van der Waals surface area contributed by atoms with Crippen LogP contribution in [0.3, 0.4) is 0 Å². The van der Waals surface area contributed by atoms with Gasteiger partial charge < -0.3 is 4.57 Å². The summed E-state index contributed by atoms with van der Waals surface area (Å²) in [5.74, 6) is -0.289. The molecule has 0 amide bonds. The molecule has 0 bridgehead atoms. The van der Waals surface area contributed by atoms with Crippen LogP contribution in [0.4, 0.5) is 13.2 Å². The van der Waals surface area contributed by atoms with E-state index in [-0.39, 0.29) is 10.6 Å². The monoisotopic (exact) mass is 595 g/mol. The summed E-state index contributed by atoms with van der Waals surface area (Å²) in [4.78, 5) is 4.18. The second kappa shape index (κ2) is 8.82. The molecule has 186 valence electrons. The Morgan fingerprint density at radius 2 is 1.81 bits per heavy atom. The van der Waals surface area contributed by atoms with Crippen molar-refractivity contribution in [1.29, 1.82) is 0 Å². The lowest BCUT2D eigenvalue weighted by Gasteiger charge is -2.14. The molecular formula is C23H17BrF3N5O2S2. The van der Waals surface area contributed by atoms with E-state index in [1.165, 1.54) is 23.0 Å². The number of benzene rings is 2. The maximum Gasteiger partial charge on any atom is 0.416 e. The predicted octanol–water partition coefficient (Wildman–Crippen LogP) is 5.85. The molecule has 0 aliphatic rings. The van der Waals surface area contributed by atoms with Gasteiger partial charge in [0.1, 0.15) is 10.8 Å². The topological polar surface area (TPSA) is 82.7 Å². The molecule has 0 aliphatic heterocycles. The zero-order valence-corrected chi connectivity index (χ0v) is 22.0. The third-order valence-corrected chi connectivity index (χ3v) is 8.92. The molecule has 0 saturated carbocycles. The van der Waals surface area contributed by atoms with Crippen LogP contribution in [0.1, 0.15) is 10.6 Å². The van der Waals surface area contributed by atoms with Crippen molar-refractivity contribution in [3.8, 4) is 22.4 Å². The van der Waals surface area contributed by atoms with E-state index >= 15 is 0 Å². The third-order valence-electron chi connectivity index (χ3n) is 5.81. The van der Waals surface area contributed by atoms with Crippen molar-refractivity contribution in [2.75, 3.05) is 0 Å². The summed E-state index contributed by atoms with van der Waals surface area (Å²) in [5.41, 5.74) is 2.01. The van der Waals surface area contributed by atoms with Gasteiger partial charge in [-0.2, -0.15) is 22.6 Å². The lowest BCUT2D eigenvalue weighted by molar-refractivity contribution is -0.137. The summed E-state index contributed by atoms with van der Waals surface area (Å²) < 4.78 is 74.2. The number of aryl methyl sites for hydroxylation is 2. The molecule has 0 atom stereocenters. The van der Waals surface area contributed by atoms with Gasteiger partial charge in [0.25, 0.3) is 0 Å². The highest BCUT2D eigenvalue weighted by Crippen LogP contribution is 2.41. The molecule has 13 heteroatoms.